The van der Waals surface area contributed by atoms with Crippen LogP contribution in [0.2, 0.25) is 5.02 Å². The Kier molecular flexibility index (Phi) is 5.54. The van der Waals surface area contributed by atoms with Gasteiger partial charge in [0.05, 0.1) is 16.7 Å². The lowest BCUT2D eigenvalue weighted by Crippen LogP contribution is -2.52. The molecule has 0 unspecified atom stereocenters. The van der Waals surface area contributed by atoms with Gasteiger partial charge in [0, 0.05) is 12.1 Å². The molecule has 7 heteroatoms. The highest BCUT2D eigenvalue weighted by molar-refractivity contribution is 7.89. The van der Waals surface area contributed by atoms with Gasteiger partial charge in [-0.3, -0.25) is 0 Å². The van der Waals surface area contributed by atoms with Crippen LogP contribution in [0.25, 0.3) is 0 Å². The Hall–Kier alpha value is -1.13. The molecule has 1 aromatic carbocycles. The second kappa shape index (κ2) is 6.55. The van der Waals surface area contributed by atoms with Gasteiger partial charge in [-0.05, 0) is 31.0 Å². The number of nitrogens with one attached hydrogen (secondary N) is 1. The van der Waals surface area contributed by atoms with Gasteiger partial charge in [-0.25, -0.2) is 13.1 Å². The van der Waals surface area contributed by atoms with E-state index in [1.165, 1.54) is 18.2 Å². The molecular weight excluding hydrogens is 298 g/mol. The molecule has 3 N–H and O–H groups in total. The zero-order valence-electron chi connectivity index (χ0n) is 11.5. The number of nitrogens with zero attached hydrogens (tertiary/aromatic N) is 1. The first-order valence-corrected chi connectivity index (χ1v) is 8.14. The van der Waals surface area contributed by atoms with E-state index in [0.717, 1.165) is 0 Å². The summed E-state index contributed by atoms with van der Waals surface area (Å²) in [6.45, 7) is 3.95. The summed E-state index contributed by atoms with van der Waals surface area (Å²) in [5.74, 6) is 0. The number of hydrogen-bond acceptors (Lipinski definition) is 4. The van der Waals surface area contributed by atoms with Crippen LogP contribution < -0.4 is 10.5 Å². The molecule has 110 valence electrons. The van der Waals surface area contributed by atoms with Gasteiger partial charge in [0.15, 0.2) is 0 Å². The van der Waals surface area contributed by atoms with Crippen molar-refractivity contribution in [1.82, 2.24) is 4.72 Å². The third-order valence-corrected chi connectivity index (χ3v) is 5.51. The first-order valence-electron chi connectivity index (χ1n) is 6.28. The molecule has 0 bridgehead atoms. The Labute approximate surface area is 124 Å². The summed E-state index contributed by atoms with van der Waals surface area (Å²) in [6, 6.07) is 5.99. The van der Waals surface area contributed by atoms with Gasteiger partial charge in [0.2, 0.25) is 10.0 Å². The Balaban J connectivity index is 3.21. The van der Waals surface area contributed by atoms with Crippen LogP contribution >= 0.6 is 11.6 Å². The average Bonchev–Trinajstić information content (AvgIpc) is 2.44. The van der Waals surface area contributed by atoms with E-state index in [2.05, 4.69) is 4.72 Å². The first-order chi connectivity index (χ1) is 9.34. The number of nitrogens with two attached hydrogens (primary N) is 1. The monoisotopic (exact) mass is 315 g/mol. The molecule has 0 fully saturated rings. The van der Waals surface area contributed by atoms with Crippen LogP contribution in [0.15, 0.2) is 23.1 Å². The minimum atomic E-state index is -3.78. The molecule has 1 aromatic rings. The van der Waals surface area contributed by atoms with Crippen molar-refractivity contribution in [2.75, 3.05) is 6.54 Å². The Morgan fingerprint density at radius 2 is 2.00 bits per heavy atom. The molecule has 0 amide bonds. The second-order valence-electron chi connectivity index (χ2n) is 4.55. The minimum absolute atomic E-state index is 0.0228. The summed E-state index contributed by atoms with van der Waals surface area (Å²) in [6.07, 6.45) is 1.15. The molecule has 0 aromatic heterocycles. The fourth-order valence-corrected chi connectivity index (χ4v) is 3.95. The van der Waals surface area contributed by atoms with Crippen molar-refractivity contribution in [1.29, 1.82) is 5.26 Å². The van der Waals surface area contributed by atoms with E-state index in [0.29, 0.717) is 18.4 Å². The standard InChI is InChI=1S/C13H18ClN3O2S/c1-3-13(4-2,9-16)17-20(18,19)12-6-5-10(8-15)7-11(12)14/h5-7,17H,3-4,9,16H2,1-2H3. The molecule has 0 aliphatic heterocycles. The summed E-state index contributed by atoms with van der Waals surface area (Å²) in [5, 5.41) is 8.79. The van der Waals surface area contributed by atoms with Crippen molar-refractivity contribution in [3.8, 4) is 6.07 Å². The van der Waals surface area contributed by atoms with Gasteiger partial charge in [0.25, 0.3) is 0 Å². The number of halogens is 1. The molecule has 0 radical (unpaired) electrons. The smallest absolute Gasteiger partial charge is 0.242 e. The van der Waals surface area contributed by atoms with Crippen LogP contribution in [0.5, 0.6) is 0 Å². The quantitative estimate of drug-likeness (QED) is 0.839. The van der Waals surface area contributed by atoms with Crippen LogP contribution in [-0.2, 0) is 10.0 Å². The highest BCUT2D eigenvalue weighted by Gasteiger charge is 2.31. The summed E-state index contributed by atoms with van der Waals surface area (Å²) in [7, 11) is -3.78. The fourth-order valence-electron chi connectivity index (χ4n) is 1.85. The number of benzene rings is 1. The maximum absolute atomic E-state index is 12.4. The third kappa shape index (κ3) is 3.49. The van der Waals surface area contributed by atoms with Crippen molar-refractivity contribution in [3.63, 3.8) is 0 Å². The molecule has 0 atom stereocenters. The number of hydrogen-bond donors (Lipinski definition) is 2. The van der Waals surface area contributed by atoms with Gasteiger partial charge < -0.3 is 5.73 Å². The number of rotatable bonds is 6. The van der Waals surface area contributed by atoms with Crippen molar-refractivity contribution in [2.45, 2.75) is 37.1 Å². The summed E-state index contributed by atoms with van der Waals surface area (Å²) < 4.78 is 27.5. The molecule has 0 saturated carbocycles. The van der Waals surface area contributed by atoms with E-state index in [-0.39, 0.29) is 16.5 Å². The lowest BCUT2D eigenvalue weighted by molar-refractivity contribution is 0.363. The van der Waals surface area contributed by atoms with Crippen molar-refractivity contribution in [3.05, 3.63) is 28.8 Å². The number of sulfonamides is 1. The molecule has 5 nitrogen and oxygen atoms in total. The highest BCUT2D eigenvalue weighted by Crippen LogP contribution is 2.25. The zero-order chi connectivity index (χ0) is 15.4. The SMILES string of the molecule is CCC(CC)(CN)NS(=O)(=O)c1ccc(C#N)cc1Cl. The lowest BCUT2D eigenvalue weighted by atomic mass is 9.95. The van der Waals surface area contributed by atoms with Crippen molar-refractivity contribution < 1.29 is 8.42 Å². The lowest BCUT2D eigenvalue weighted by Gasteiger charge is -2.31. The van der Waals surface area contributed by atoms with E-state index >= 15 is 0 Å². The Bertz CT molecular complexity index is 611. The third-order valence-electron chi connectivity index (χ3n) is 3.45. The number of nitriles is 1. The molecular formula is C13H18ClN3O2S. The van der Waals surface area contributed by atoms with Gasteiger partial charge in [-0.1, -0.05) is 25.4 Å². The first kappa shape index (κ1) is 16.9. The molecule has 0 spiro atoms. The van der Waals surface area contributed by atoms with Gasteiger partial charge in [-0.2, -0.15) is 5.26 Å². The van der Waals surface area contributed by atoms with E-state index in [4.69, 9.17) is 22.6 Å². The van der Waals surface area contributed by atoms with Crippen LogP contribution in [0.1, 0.15) is 32.3 Å². The topological polar surface area (TPSA) is 96.0 Å². The maximum Gasteiger partial charge on any atom is 0.242 e. The van der Waals surface area contributed by atoms with Crippen LogP contribution in [0, 0.1) is 11.3 Å². The van der Waals surface area contributed by atoms with Crippen LogP contribution in [-0.4, -0.2) is 20.5 Å². The van der Waals surface area contributed by atoms with Crippen molar-refractivity contribution >= 4 is 21.6 Å². The van der Waals surface area contributed by atoms with Gasteiger partial charge in [0.1, 0.15) is 4.90 Å². The Morgan fingerprint density at radius 1 is 1.40 bits per heavy atom. The van der Waals surface area contributed by atoms with E-state index in [1.807, 2.05) is 19.9 Å². The van der Waals surface area contributed by atoms with E-state index in [1.54, 1.807) is 0 Å². The molecule has 0 aliphatic rings. The minimum Gasteiger partial charge on any atom is -0.329 e. The van der Waals surface area contributed by atoms with E-state index < -0.39 is 15.6 Å². The largest absolute Gasteiger partial charge is 0.329 e. The normalized spacial score (nSPS) is 12.2. The summed E-state index contributed by atoms with van der Waals surface area (Å²) in [5.41, 5.74) is 5.32. The highest BCUT2D eigenvalue weighted by atomic mass is 35.5. The second-order valence-corrected chi connectivity index (χ2v) is 6.61. The van der Waals surface area contributed by atoms with Crippen molar-refractivity contribution in [2.24, 2.45) is 5.73 Å². The van der Waals surface area contributed by atoms with Gasteiger partial charge >= 0.3 is 0 Å². The van der Waals surface area contributed by atoms with Crippen LogP contribution in [0.4, 0.5) is 0 Å². The van der Waals surface area contributed by atoms with Crippen LogP contribution in [0.3, 0.4) is 0 Å². The summed E-state index contributed by atoms with van der Waals surface area (Å²) in [4.78, 5) is -0.0436. The molecule has 0 aliphatic carbocycles. The Morgan fingerprint density at radius 3 is 2.40 bits per heavy atom. The predicted molar refractivity (Wildman–Crippen MR) is 78.9 cm³/mol. The molecule has 20 heavy (non-hydrogen) atoms. The molecule has 0 saturated heterocycles. The van der Waals surface area contributed by atoms with E-state index in [9.17, 15) is 8.42 Å². The average molecular weight is 316 g/mol. The molecule has 1 rings (SSSR count). The van der Waals surface area contributed by atoms with Gasteiger partial charge in [-0.15, -0.1) is 0 Å². The summed E-state index contributed by atoms with van der Waals surface area (Å²) >= 11 is 5.95. The fraction of sp³-hybridized carbons (Fsp3) is 0.462. The maximum atomic E-state index is 12.4. The zero-order valence-corrected chi connectivity index (χ0v) is 13.1. The molecule has 0 heterocycles. The predicted octanol–water partition coefficient (Wildman–Crippen LogP) is 2.01.